The van der Waals surface area contributed by atoms with Gasteiger partial charge < -0.3 is 0 Å². The lowest BCUT2D eigenvalue weighted by molar-refractivity contribution is 0.559. The molecule has 0 heterocycles. The van der Waals surface area contributed by atoms with Gasteiger partial charge in [-0.15, -0.1) is 6.58 Å². The molecule has 0 fully saturated rings. The van der Waals surface area contributed by atoms with Crippen LogP contribution < -0.4 is 0 Å². The predicted octanol–water partition coefficient (Wildman–Crippen LogP) is 3.95. The van der Waals surface area contributed by atoms with Gasteiger partial charge in [0.15, 0.2) is 0 Å². The summed E-state index contributed by atoms with van der Waals surface area (Å²) in [6, 6.07) is 0. The first-order valence-electron chi connectivity index (χ1n) is 4.53. The molecule has 11 heavy (non-hydrogen) atoms. The Balaban J connectivity index is 3.07. The Morgan fingerprint density at radius 1 is 1.27 bits per heavy atom. The molecule has 0 aromatic rings. The molecule has 0 saturated heterocycles. The summed E-state index contributed by atoms with van der Waals surface area (Å²) in [5.41, 5.74) is 0. The summed E-state index contributed by atoms with van der Waals surface area (Å²) in [6.45, 7) is 8.20. The first-order chi connectivity index (χ1) is 5.27. The Kier molecular flexibility index (Phi) is 7.23. The van der Waals surface area contributed by atoms with Crippen LogP contribution in [-0.4, -0.2) is 0 Å². The maximum Gasteiger partial charge on any atom is -0.0172 e. The van der Waals surface area contributed by atoms with Crippen LogP contribution in [0.2, 0.25) is 0 Å². The molecular formula is C11H20. The van der Waals surface area contributed by atoms with Gasteiger partial charge in [-0.3, -0.25) is 0 Å². The summed E-state index contributed by atoms with van der Waals surface area (Å²) in [6.07, 6.45) is 11.3. The van der Waals surface area contributed by atoms with Gasteiger partial charge in [-0.1, -0.05) is 38.5 Å². The van der Waals surface area contributed by atoms with Gasteiger partial charge in [0.2, 0.25) is 0 Å². The number of rotatable bonds is 6. The molecule has 0 heteroatoms. The quantitative estimate of drug-likeness (QED) is 0.399. The summed E-state index contributed by atoms with van der Waals surface area (Å²) < 4.78 is 0. The lowest BCUT2D eigenvalue weighted by Gasteiger charge is -2.00. The van der Waals surface area contributed by atoms with Crippen molar-refractivity contribution in [1.29, 1.82) is 0 Å². The molecule has 0 atom stereocenters. The van der Waals surface area contributed by atoms with E-state index in [-0.39, 0.29) is 0 Å². The number of allylic oxidation sites excluding steroid dienone is 3. The van der Waals surface area contributed by atoms with E-state index in [1.165, 1.54) is 19.3 Å². The normalized spacial score (nSPS) is 11.2. The molecule has 0 rings (SSSR count). The molecule has 0 aliphatic rings. The van der Waals surface area contributed by atoms with E-state index >= 15 is 0 Å². The molecule has 0 saturated carbocycles. The van der Waals surface area contributed by atoms with E-state index < -0.39 is 0 Å². The third-order valence-electron chi connectivity index (χ3n) is 1.62. The molecule has 0 bridgehead atoms. The fraction of sp³-hybridized carbons (Fsp3) is 0.636. The zero-order valence-electron chi connectivity index (χ0n) is 7.84. The largest absolute Gasteiger partial charge is 0.103 e. The van der Waals surface area contributed by atoms with Gasteiger partial charge in [0.1, 0.15) is 0 Å². The lowest BCUT2D eigenvalue weighted by atomic mass is 10.1. The first-order valence-corrected chi connectivity index (χ1v) is 4.53. The molecule has 0 unspecified atom stereocenters. The highest BCUT2D eigenvalue weighted by atomic mass is 14.0. The standard InChI is InChI=1S/C11H20/c1-4-5-6-7-8-9-10-11(2)3/h4,6-7,11H,1,5,8-10H2,2-3H3. The van der Waals surface area contributed by atoms with Crippen molar-refractivity contribution in [2.75, 3.05) is 0 Å². The summed E-state index contributed by atoms with van der Waals surface area (Å²) >= 11 is 0. The van der Waals surface area contributed by atoms with Gasteiger partial charge in [0.05, 0.1) is 0 Å². The number of hydrogen-bond donors (Lipinski definition) is 0. The molecular weight excluding hydrogens is 132 g/mol. The van der Waals surface area contributed by atoms with E-state index in [9.17, 15) is 0 Å². The van der Waals surface area contributed by atoms with Crippen LogP contribution >= 0.6 is 0 Å². The van der Waals surface area contributed by atoms with E-state index in [1.54, 1.807) is 0 Å². The minimum absolute atomic E-state index is 0.850. The average Bonchev–Trinajstić information content (AvgIpc) is 1.96. The van der Waals surface area contributed by atoms with Gasteiger partial charge in [0, 0.05) is 0 Å². The van der Waals surface area contributed by atoms with Gasteiger partial charge >= 0.3 is 0 Å². The third kappa shape index (κ3) is 9.48. The second kappa shape index (κ2) is 7.59. The fourth-order valence-electron chi connectivity index (χ4n) is 0.954. The maximum absolute atomic E-state index is 3.66. The summed E-state index contributed by atoms with van der Waals surface area (Å²) in [5.74, 6) is 0.850. The second-order valence-corrected chi connectivity index (χ2v) is 3.32. The highest BCUT2D eigenvalue weighted by molar-refractivity contribution is 4.87. The Bertz CT molecular complexity index is 109. The number of hydrogen-bond acceptors (Lipinski definition) is 0. The highest BCUT2D eigenvalue weighted by Gasteiger charge is 1.90. The molecule has 0 N–H and O–H groups in total. The van der Waals surface area contributed by atoms with Gasteiger partial charge in [-0.25, -0.2) is 0 Å². The van der Waals surface area contributed by atoms with Crippen molar-refractivity contribution in [3.63, 3.8) is 0 Å². The van der Waals surface area contributed by atoms with E-state index in [4.69, 9.17) is 0 Å². The molecule has 0 aromatic heterocycles. The van der Waals surface area contributed by atoms with Crippen molar-refractivity contribution < 1.29 is 0 Å². The molecule has 64 valence electrons. The zero-order chi connectivity index (χ0) is 8.53. The van der Waals surface area contributed by atoms with Crippen LogP contribution in [0.15, 0.2) is 24.8 Å². The highest BCUT2D eigenvalue weighted by Crippen LogP contribution is 2.06. The van der Waals surface area contributed by atoms with E-state index in [2.05, 4.69) is 32.6 Å². The van der Waals surface area contributed by atoms with Crippen molar-refractivity contribution in [3.05, 3.63) is 24.8 Å². The SMILES string of the molecule is C=CCC=CCCCC(C)C. The Morgan fingerprint density at radius 2 is 2.00 bits per heavy atom. The predicted molar refractivity (Wildman–Crippen MR) is 52.6 cm³/mol. The topological polar surface area (TPSA) is 0 Å². The van der Waals surface area contributed by atoms with E-state index in [0.29, 0.717) is 0 Å². The van der Waals surface area contributed by atoms with E-state index in [0.717, 1.165) is 12.3 Å². The van der Waals surface area contributed by atoms with Crippen molar-refractivity contribution in [1.82, 2.24) is 0 Å². The van der Waals surface area contributed by atoms with Crippen molar-refractivity contribution >= 4 is 0 Å². The molecule has 0 aliphatic heterocycles. The van der Waals surface area contributed by atoms with Crippen LogP contribution in [0.3, 0.4) is 0 Å². The van der Waals surface area contributed by atoms with Crippen LogP contribution in [0.5, 0.6) is 0 Å². The Labute approximate surface area is 71.0 Å². The summed E-state index contributed by atoms with van der Waals surface area (Å²) in [7, 11) is 0. The molecule has 0 spiro atoms. The molecule has 0 nitrogen and oxygen atoms in total. The Hall–Kier alpha value is -0.520. The van der Waals surface area contributed by atoms with Crippen molar-refractivity contribution in [2.24, 2.45) is 5.92 Å². The van der Waals surface area contributed by atoms with E-state index in [1.807, 2.05) is 6.08 Å². The first kappa shape index (κ1) is 10.5. The Morgan fingerprint density at radius 3 is 2.55 bits per heavy atom. The zero-order valence-corrected chi connectivity index (χ0v) is 7.84. The summed E-state index contributed by atoms with van der Waals surface area (Å²) in [5, 5.41) is 0. The summed E-state index contributed by atoms with van der Waals surface area (Å²) in [4.78, 5) is 0. The molecule has 0 aromatic carbocycles. The third-order valence-corrected chi connectivity index (χ3v) is 1.62. The van der Waals surface area contributed by atoms with Crippen LogP contribution in [0.4, 0.5) is 0 Å². The van der Waals surface area contributed by atoms with Crippen molar-refractivity contribution in [2.45, 2.75) is 39.5 Å². The fourth-order valence-corrected chi connectivity index (χ4v) is 0.954. The number of unbranched alkanes of at least 4 members (excludes halogenated alkanes) is 1. The van der Waals surface area contributed by atoms with Gasteiger partial charge in [-0.05, 0) is 25.2 Å². The minimum Gasteiger partial charge on any atom is -0.103 e. The molecule has 0 amide bonds. The lowest BCUT2D eigenvalue weighted by Crippen LogP contribution is -1.84. The monoisotopic (exact) mass is 152 g/mol. The average molecular weight is 152 g/mol. The van der Waals surface area contributed by atoms with Crippen LogP contribution in [0, 0.1) is 5.92 Å². The molecule has 0 aliphatic carbocycles. The van der Waals surface area contributed by atoms with Crippen LogP contribution in [-0.2, 0) is 0 Å². The molecule has 0 radical (unpaired) electrons. The van der Waals surface area contributed by atoms with Crippen LogP contribution in [0.25, 0.3) is 0 Å². The smallest absolute Gasteiger partial charge is 0.0172 e. The maximum atomic E-state index is 3.66. The second-order valence-electron chi connectivity index (χ2n) is 3.32. The van der Waals surface area contributed by atoms with Gasteiger partial charge in [-0.2, -0.15) is 0 Å². The van der Waals surface area contributed by atoms with Crippen molar-refractivity contribution in [3.8, 4) is 0 Å². The van der Waals surface area contributed by atoms with Gasteiger partial charge in [0.25, 0.3) is 0 Å². The van der Waals surface area contributed by atoms with Crippen LogP contribution in [0.1, 0.15) is 39.5 Å². The minimum atomic E-state index is 0.850.